The van der Waals surface area contributed by atoms with Gasteiger partial charge in [0.1, 0.15) is 0 Å². The van der Waals surface area contributed by atoms with E-state index in [4.69, 9.17) is 4.84 Å². The lowest BCUT2D eigenvalue weighted by molar-refractivity contribution is -0.160. The Kier molecular flexibility index (Phi) is 3.25. The first-order chi connectivity index (χ1) is 11.2. The molecule has 2 aromatic rings. The van der Waals surface area contributed by atoms with E-state index in [-0.39, 0.29) is 17.9 Å². The van der Waals surface area contributed by atoms with Crippen molar-refractivity contribution in [3.05, 3.63) is 66.2 Å². The van der Waals surface area contributed by atoms with Gasteiger partial charge in [0.2, 0.25) is 5.91 Å². The van der Waals surface area contributed by atoms with Crippen LogP contribution in [0.15, 0.2) is 60.7 Å². The smallest absolute Gasteiger partial charge is 0.265 e. The highest BCUT2D eigenvalue weighted by Gasteiger charge is 2.59. The van der Waals surface area contributed by atoms with E-state index in [1.807, 2.05) is 48.5 Å². The fraction of sp³-hybridized carbons (Fsp3) is 0.222. The van der Waals surface area contributed by atoms with Crippen LogP contribution in [0.25, 0.3) is 0 Å². The minimum absolute atomic E-state index is 0.204. The first-order valence-electron chi connectivity index (χ1n) is 7.56. The Balaban J connectivity index is 1.73. The molecule has 4 rings (SSSR count). The summed E-state index contributed by atoms with van der Waals surface area (Å²) in [5, 5.41) is 1.63. The van der Waals surface area contributed by atoms with Gasteiger partial charge in [0.25, 0.3) is 5.91 Å². The summed E-state index contributed by atoms with van der Waals surface area (Å²) in [6.07, 6.45) is -0.752. The molecule has 0 radical (unpaired) electrons. The van der Waals surface area contributed by atoms with Crippen molar-refractivity contribution in [3.8, 4) is 0 Å². The minimum Gasteiger partial charge on any atom is -0.284 e. The molecule has 0 saturated carbocycles. The van der Waals surface area contributed by atoms with Gasteiger partial charge in [-0.3, -0.25) is 14.4 Å². The second-order valence-corrected chi connectivity index (χ2v) is 5.80. The maximum Gasteiger partial charge on any atom is 0.265 e. The third-order valence-electron chi connectivity index (χ3n) is 4.46. The van der Waals surface area contributed by atoms with Gasteiger partial charge in [-0.1, -0.05) is 48.5 Å². The zero-order chi connectivity index (χ0) is 16.0. The number of hydrogen-bond donors (Lipinski definition) is 0. The molecule has 0 bridgehead atoms. The molecule has 2 aliphatic rings. The fourth-order valence-electron chi connectivity index (χ4n) is 3.45. The van der Waals surface area contributed by atoms with Gasteiger partial charge < -0.3 is 0 Å². The molecule has 5 nitrogen and oxygen atoms in total. The highest BCUT2D eigenvalue weighted by Crippen LogP contribution is 2.44. The molecule has 23 heavy (non-hydrogen) atoms. The van der Waals surface area contributed by atoms with E-state index >= 15 is 0 Å². The number of rotatable bonds is 2. The molecule has 0 unspecified atom stereocenters. The standard InChI is InChI=1S/C18H16N2O3/c1-19-15(12-8-4-2-5-9-12)14-16(23-19)18(22)20(17(14)21)13-10-6-3-7-11-13/h2-11,14-16H,1H3/t14-,15+,16+/m1/s1. The lowest BCUT2D eigenvalue weighted by Gasteiger charge is -2.24. The van der Waals surface area contributed by atoms with Crippen molar-refractivity contribution in [3.63, 3.8) is 0 Å². The molecule has 2 amide bonds. The summed E-state index contributed by atoms with van der Waals surface area (Å²) in [5.74, 6) is -1.02. The monoisotopic (exact) mass is 308 g/mol. The van der Waals surface area contributed by atoms with Crippen molar-refractivity contribution >= 4 is 17.5 Å². The molecule has 116 valence electrons. The molecule has 5 heteroatoms. The largest absolute Gasteiger partial charge is 0.284 e. The number of benzene rings is 2. The lowest BCUT2D eigenvalue weighted by Crippen LogP contribution is -2.36. The van der Waals surface area contributed by atoms with Gasteiger partial charge in [0, 0.05) is 7.05 Å². The number of hydrogen-bond acceptors (Lipinski definition) is 4. The Morgan fingerprint density at radius 2 is 1.48 bits per heavy atom. The van der Waals surface area contributed by atoms with E-state index in [0.717, 1.165) is 5.56 Å². The van der Waals surface area contributed by atoms with Crippen LogP contribution in [0.3, 0.4) is 0 Å². The first kappa shape index (κ1) is 14.1. The van der Waals surface area contributed by atoms with Gasteiger partial charge in [-0.2, -0.15) is 5.06 Å². The van der Waals surface area contributed by atoms with E-state index < -0.39 is 12.0 Å². The second-order valence-electron chi connectivity index (χ2n) is 5.80. The molecule has 0 N–H and O–H groups in total. The number of hydroxylamine groups is 2. The molecule has 0 spiro atoms. The SMILES string of the molecule is CN1O[C@@H]2C(=O)N(c3ccccc3)C(=O)[C@@H]2[C@@H]1c1ccccc1. The van der Waals surface area contributed by atoms with Gasteiger partial charge in [-0.05, 0) is 17.7 Å². The normalized spacial score (nSPS) is 27.5. The van der Waals surface area contributed by atoms with Crippen LogP contribution in [0, 0.1) is 5.92 Å². The molecular formula is C18H16N2O3. The van der Waals surface area contributed by atoms with Crippen molar-refractivity contribution in [1.29, 1.82) is 0 Å². The highest BCUT2D eigenvalue weighted by atomic mass is 16.7. The van der Waals surface area contributed by atoms with Gasteiger partial charge in [0.15, 0.2) is 6.10 Å². The summed E-state index contributed by atoms with van der Waals surface area (Å²) in [7, 11) is 1.77. The molecule has 2 heterocycles. The number of nitrogens with zero attached hydrogens (tertiary/aromatic N) is 2. The summed E-state index contributed by atoms with van der Waals surface area (Å²) in [4.78, 5) is 32.6. The number of anilines is 1. The lowest BCUT2D eigenvalue weighted by atomic mass is 9.91. The van der Waals surface area contributed by atoms with Crippen LogP contribution in [0.5, 0.6) is 0 Å². The number of para-hydroxylation sites is 1. The summed E-state index contributed by atoms with van der Waals surface area (Å²) in [6, 6.07) is 18.4. The molecule has 2 aromatic carbocycles. The third-order valence-corrected chi connectivity index (χ3v) is 4.46. The maximum absolute atomic E-state index is 12.9. The number of carbonyl (C=O) groups excluding carboxylic acids is 2. The van der Waals surface area contributed by atoms with E-state index in [0.29, 0.717) is 5.69 Å². The van der Waals surface area contributed by atoms with Crippen molar-refractivity contribution in [2.75, 3.05) is 11.9 Å². The van der Waals surface area contributed by atoms with Crippen LogP contribution in [-0.4, -0.2) is 30.0 Å². The summed E-state index contributed by atoms with van der Waals surface area (Å²) in [5.41, 5.74) is 1.56. The van der Waals surface area contributed by atoms with Gasteiger partial charge >= 0.3 is 0 Å². The Morgan fingerprint density at radius 3 is 2.13 bits per heavy atom. The van der Waals surface area contributed by atoms with Gasteiger partial charge in [0.05, 0.1) is 17.6 Å². The number of imide groups is 1. The van der Waals surface area contributed by atoms with E-state index in [2.05, 4.69) is 0 Å². The molecule has 2 saturated heterocycles. The number of carbonyl (C=O) groups is 2. The van der Waals surface area contributed by atoms with E-state index in [9.17, 15) is 9.59 Å². The minimum atomic E-state index is -0.752. The topological polar surface area (TPSA) is 49.9 Å². The molecule has 2 fully saturated rings. The van der Waals surface area contributed by atoms with Crippen LogP contribution >= 0.6 is 0 Å². The number of amides is 2. The first-order valence-corrected chi connectivity index (χ1v) is 7.56. The van der Waals surface area contributed by atoms with Crippen LogP contribution in [0.4, 0.5) is 5.69 Å². The average Bonchev–Trinajstić information content (AvgIpc) is 3.04. The van der Waals surface area contributed by atoms with Crippen molar-refractivity contribution < 1.29 is 14.4 Å². The van der Waals surface area contributed by atoms with Crippen LogP contribution in [-0.2, 0) is 14.4 Å². The maximum atomic E-state index is 12.9. The molecular weight excluding hydrogens is 292 g/mol. The summed E-state index contributed by atoms with van der Waals surface area (Å²) < 4.78 is 0. The second kappa shape index (κ2) is 5.30. The zero-order valence-electron chi connectivity index (χ0n) is 12.6. The van der Waals surface area contributed by atoms with E-state index in [1.54, 1.807) is 24.2 Å². The van der Waals surface area contributed by atoms with Crippen LogP contribution < -0.4 is 4.90 Å². The molecule has 0 aromatic heterocycles. The summed E-state index contributed by atoms with van der Waals surface area (Å²) >= 11 is 0. The molecule has 2 aliphatic heterocycles. The van der Waals surface area contributed by atoms with Crippen molar-refractivity contribution in [2.45, 2.75) is 12.1 Å². The van der Waals surface area contributed by atoms with E-state index in [1.165, 1.54) is 4.90 Å². The summed E-state index contributed by atoms with van der Waals surface area (Å²) in [6.45, 7) is 0. The predicted octanol–water partition coefficient (Wildman–Crippen LogP) is 2.16. The Labute approximate surface area is 134 Å². The Bertz CT molecular complexity index is 747. The third kappa shape index (κ3) is 2.09. The Morgan fingerprint density at radius 1 is 0.870 bits per heavy atom. The highest BCUT2D eigenvalue weighted by molar-refractivity contribution is 6.23. The Hall–Kier alpha value is -2.50. The average molecular weight is 308 g/mol. The fourth-order valence-corrected chi connectivity index (χ4v) is 3.45. The van der Waals surface area contributed by atoms with Gasteiger partial charge in [-0.25, -0.2) is 4.90 Å². The van der Waals surface area contributed by atoms with Crippen LogP contribution in [0.2, 0.25) is 0 Å². The van der Waals surface area contributed by atoms with Gasteiger partial charge in [-0.15, -0.1) is 0 Å². The van der Waals surface area contributed by atoms with Crippen LogP contribution in [0.1, 0.15) is 11.6 Å². The zero-order valence-corrected chi connectivity index (χ0v) is 12.6. The quantitative estimate of drug-likeness (QED) is 0.798. The molecule has 3 atom stereocenters. The molecule has 0 aliphatic carbocycles. The predicted molar refractivity (Wildman–Crippen MR) is 84.2 cm³/mol. The van der Waals surface area contributed by atoms with Crippen molar-refractivity contribution in [2.24, 2.45) is 5.92 Å². The number of fused-ring (bicyclic) bond motifs is 1. The van der Waals surface area contributed by atoms with Crippen molar-refractivity contribution in [1.82, 2.24) is 5.06 Å².